The predicted octanol–water partition coefficient (Wildman–Crippen LogP) is 1.12. The van der Waals surface area contributed by atoms with Crippen molar-refractivity contribution in [1.29, 1.82) is 5.26 Å². The molecular formula is C20H31N4O2+. The maximum Gasteiger partial charge on any atom is 0.279 e. The van der Waals surface area contributed by atoms with Gasteiger partial charge in [-0.2, -0.15) is 5.26 Å². The lowest BCUT2D eigenvalue weighted by atomic mass is 9.90. The summed E-state index contributed by atoms with van der Waals surface area (Å²) in [5.41, 5.74) is 3.12. The first-order valence-electron chi connectivity index (χ1n) is 8.89. The number of rotatable bonds is 7. The third-order valence-corrected chi connectivity index (χ3v) is 4.65. The summed E-state index contributed by atoms with van der Waals surface area (Å²) in [7, 11) is 1.78. The van der Waals surface area contributed by atoms with E-state index in [-0.39, 0.29) is 30.8 Å². The summed E-state index contributed by atoms with van der Waals surface area (Å²) >= 11 is 0. The van der Waals surface area contributed by atoms with Gasteiger partial charge in [-0.3, -0.25) is 9.59 Å². The molecule has 2 atom stereocenters. The van der Waals surface area contributed by atoms with Crippen LogP contribution in [0.3, 0.4) is 0 Å². The van der Waals surface area contributed by atoms with Gasteiger partial charge in [-0.25, -0.2) is 0 Å². The van der Waals surface area contributed by atoms with E-state index in [1.54, 1.807) is 14.0 Å². The van der Waals surface area contributed by atoms with E-state index in [2.05, 4.69) is 16.7 Å². The van der Waals surface area contributed by atoms with Gasteiger partial charge >= 0.3 is 0 Å². The number of nitrogens with zero attached hydrogens (tertiary/aromatic N) is 1. The van der Waals surface area contributed by atoms with Crippen molar-refractivity contribution in [1.82, 2.24) is 5.32 Å². The van der Waals surface area contributed by atoms with E-state index in [9.17, 15) is 14.9 Å². The SMILES string of the molecule is Cc1cc(C)c(NC(=O)C[NH+](C)CC(=O)N[C@](C)(C#N)C(C)C)c(C)c1. The van der Waals surface area contributed by atoms with Crippen molar-refractivity contribution in [3.63, 3.8) is 0 Å². The Morgan fingerprint density at radius 1 is 1.15 bits per heavy atom. The number of aryl methyl sites for hydroxylation is 3. The Labute approximate surface area is 156 Å². The second-order valence-electron chi connectivity index (χ2n) is 7.65. The normalized spacial score (nSPS) is 14.3. The highest BCUT2D eigenvalue weighted by Crippen LogP contribution is 2.21. The number of anilines is 1. The lowest BCUT2D eigenvalue weighted by Crippen LogP contribution is -3.11. The number of hydrogen-bond acceptors (Lipinski definition) is 3. The van der Waals surface area contributed by atoms with Crippen LogP contribution in [0, 0.1) is 38.0 Å². The fourth-order valence-corrected chi connectivity index (χ4v) is 2.81. The van der Waals surface area contributed by atoms with E-state index in [4.69, 9.17) is 0 Å². The van der Waals surface area contributed by atoms with Crippen LogP contribution in [0.15, 0.2) is 12.1 Å². The van der Waals surface area contributed by atoms with Crippen molar-refractivity contribution < 1.29 is 14.5 Å². The molecule has 6 nitrogen and oxygen atoms in total. The van der Waals surface area contributed by atoms with Gasteiger partial charge < -0.3 is 15.5 Å². The number of nitrogens with one attached hydrogen (secondary N) is 3. The van der Waals surface area contributed by atoms with E-state index in [1.807, 2.05) is 46.8 Å². The number of benzene rings is 1. The van der Waals surface area contributed by atoms with Crippen LogP contribution >= 0.6 is 0 Å². The van der Waals surface area contributed by atoms with Crippen molar-refractivity contribution in [3.8, 4) is 6.07 Å². The van der Waals surface area contributed by atoms with Crippen molar-refractivity contribution >= 4 is 17.5 Å². The molecule has 0 heterocycles. The van der Waals surface area contributed by atoms with Crippen LogP contribution in [0.25, 0.3) is 0 Å². The molecule has 142 valence electrons. The summed E-state index contributed by atoms with van der Waals surface area (Å²) in [6, 6.07) is 6.21. The van der Waals surface area contributed by atoms with Crippen LogP contribution in [0.5, 0.6) is 0 Å². The molecule has 0 fully saturated rings. The van der Waals surface area contributed by atoms with Gasteiger partial charge in [-0.05, 0) is 44.7 Å². The molecule has 3 N–H and O–H groups in total. The topological polar surface area (TPSA) is 86.4 Å². The molecule has 6 heteroatoms. The van der Waals surface area contributed by atoms with Gasteiger partial charge in [-0.15, -0.1) is 0 Å². The molecule has 0 bridgehead atoms. The number of amides is 2. The summed E-state index contributed by atoms with van der Waals surface area (Å²) in [4.78, 5) is 25.3. The zero-order valence-corrected chi connectivity index (χ0v) is 16.9. The van der Waals surface area contributed by atoms with Gasteiger partial charge in [0.1, 0.15) is 5.54 Å². The lowest BCUT2D eigenvalue weighted by Gasteiger charge is -2.27. The molecule has 0 saturated carbocycles. The molecular weight excluding hydrogens is 328 g/mol. The van der Waals surface area contributed by atoms with Crippen molar-refractivity contribution in [3.05, 3.63) is 28.8 Å². The first kappa shape index (κ1) is 21.7. The molecule has 0 aromatic heterocycles. The molecule has 0 aliphatic rings. The highest BCUT2D eigenvalue weighted by Gasteiger charge is 2.31. The number of quaternary nitrogens is 1. The predicted molar refractivity (Wildman–Crippen MR) is 103 cm³/mol. The van der Waals surface area contributed by atoms with Gasteiger partial charge in [0.2, 0.25) is 0 Å². The van der Waals surface area contributed by atoms with Crippen molar-refractivity contribution in [2.45, 2.75) is 47.1 Å². The summed E-state index contributed by atoms with van der Waals surface area (Å²) in [6.45, 7) is 11.7. The molecule has 26 heavy (non-hydrogen) atoms. The van der Waals surface area contributed by atoms with Crippen LogP contribution in [-0.2, 0) is 9.59 Å². The molecule has 1 rings (SSSR count). The minimum atomic E-state index is -0.907. The Hall–Kier alpha value is -2.39. The Balaban J connectivity index is 2.63. The van der Waals surface area contributed by atoms with E-state index < -0.39 is 5.54 Å². The summed E-state index contributed by atoms with van der Waals surface area (Å²) in [5, 5.41) is 15.0. The summed E-state index contributed by atoms with van der Waals surface area (Å²) in [5.74, 6) is -0.388. The van der Waals surface area contributed by atoms with Crippen molar-refractivity contribution in [2.24, 2.45) is 5.92 Å². The zero-order valence-electron chi connectivity index (χ0n) is 16.9. The number of likely N-dealkylation sites (N-methyl/N-ethyl adjacent to an activating group) is 1. The maximum atomic E-state index is 12.3. The van der Waals surface area contributed by atoms with Crippen LogP contribution < -0.4 is 15.5 Å². The van der Waals surface area contributed by atoms with Gasteiger partial charge in [0.05, 0.1) is 13.1 Å². The molecule has 2 amide bonds. The van der Waals surface area contributed by atoms with Gasteiger partial charge in [0.15, 0.2) is 13.1 Å². The number of carbonyl (C=O) groups is 2. The standard InChI is InChI=1S/C20H30N4O2/c1-13(2)20(6,12-21)23-18(26)11-24(7)10-17(25)22-19-15(4)8-14(3)9-16(19)5/h8-9,13H,10-11H2,1-7H3,(H,22,25)(H,23,26)/p+1/t20-/m1/s1. The van der Waals surface area contributed by atoms with Crippen LogP contribution in [0.4, 0.5) is 5.69 Å². The Morgan fingerprint density at radius 3 is 2.12 bits per heavy atom. The number of carbonyl (C=O) groups excluding carboxylic acids is 2. The van der Waals surface area contributed by atoms with Crippen LogP contribution in [0.1, 0.15) is 37.5 Å². The Kier molecular flexibility index (Phi) is 7.34. The van der Waals surface area contributed by atoms with Crippen LogP contribution in [-0.4, -0.2) is 37.5 Å². The monoisotopic (exact) mass is 359 g/mol. The lowest BCUT2D eigenvalue weighted by molar-refractivity contribution is -0.862. The summed E-state index contributed by atoms with van der Waals surface area (Å²) in [6.07, 6.45) is 0. The molecule has 0 spiro atoms. The second kappa shape index (κ2) is 8.81. The molecule has 0 radical (unpaired) electrons. The maximum absolute atomic E-state index is 12.3. The Morgan fingerprint density at radius 2 is 1.65 bits per heavy atom. The molecule has 1 unspecified atom stereocenters. The van der Waals surface area contributed by atoms with Crippen molar-refractivity contribution in [2.75, 3.05) is 25.5 Å². The van der Waals surface area contributed by atoms with Crippen LogP contribution in [0.2, 0.25) is 0 Å². The van der Waals surface area contributed by atoms with E-state index in [0.29, 0.717) is 0 Å². The zero-order chi connectivity index (χ0) is 20.1. The molecule has 0 aliphatic carbocycles. The first-order valence-corrected chi connectivity index (χ1v) is 8.89. The highest BCUT2D eigenvalue weighted by atomic mass is 16.2. The summed E-state index contributed by atoms with van der Waals surface area (Å²) < 4.78 is 0. The Bertz CT molecular complexity index is 698. The largest absolute Gasteiger partial charge is 0.333 e. The minimum absolute atomic E-state index is 0.00691. The molecule has 0 saturated heterocycles. The van der Waals surface area contributed by atoms with Gasteiger partial charge in [0.25, 0.3) is 11.8 Å². The number of hydrogen-bond donors (Lipinski definition) is 3. The van der Waals surface area contributed by atoms with Gasteiger partial charge in [0, 0.05) is 5.69 Å². The number of nitriles is 1. The highest BCUT2D eigenvalue weighted by molar-refractivity contribution is 5.93. The first-order chi connectivity index (χ1) is 12.0. The second-order valence-corrected chi connectivity index (χ2v) is 7.65. The van der Waals surface area contributed by atoms with E-state index in [1.165, 1.54) is 0 Å². The average molecular weight is 359 g/mol. The fraction of sp³-hybridized carbons (Fsp3) is 0.550. The quantitative estimate of drug-likeness (QED) is 0.682. The average Bonchev–Trinajstić information content (AvgIpc) is 2.49. The van der Waals surface area contributed by atoms with Gasteiger partial charge in [-0.1, -0.05) is 31.5 Å². The molecule has 1 aromatic rings. The van der Waals surface area contributed by atoms with E-state index in [0.717, 1.165) is 27.3 Å². The smallest absolute Gasteiger partial charge is 0.279 e. The third kappa shape index (κ3) is 5.85. The minimum Gasteiger partial charge on any atom is -0.333 e. The fourth-order valence-electron chi connectivity index (χ4n) is 2.81. The molecule has 1 aromatic carbocycles. The van der Waals surface area contributed by atoms with E-state index >= 15 is 0 Å². The third-order valence-electron chi connectivity index (χ3n) is 4.65. The molecule has 0 aliphatic heterocycles.